The van der Waals surface area contributed by atoms with Crippen LogP contribution in [0, 0.1) is 12.7 Å². The van der Waals surface area contributed by atoms with Crippen molar-refractivity contribution >= 4 is 5.97 Å². The maximum atomic E-state index is 13.2. The fraction of sp³-hybridized carbons (Fsp3) is 0.231. The zero-order chi connectivity index (χ0) is 13.3. The van der Waals surface area contributed by atoms with Gasteiger partial charge in [-0.3, -0.25) is 9.48 Å². The van der Waals surface area contributed by atoms with Gasteiger partial charge in [0.2, 0.25) is 0 Å². The number of aryl methyl sites for hydroxylation is 2. The van der Waals surface area contributed by atoms with Gasteiger partial charge < -0.3 is 5.11 Å². The number of aromatic nitrogens is 2. The van der Waals surface area contributed by atoms with Crippen molar-refractivity contribution in [3.05, 3.63) is 41.3 Å². The highest BCUT2D eigenvalue weighted by Gasteiger charge is 2.11. The smallest absolute Gasteiger partial charge is 0.309 e. The van der Waals surface area contributed by atoms with Crippen LogP contribution in [-0.4, -0.2) is 20.9 Å². The molecule has 1 aromatic heterocycles. The number of nitrogens with zero attached hydrogens (tertiary/aromatic N) is 2. The van der Waals surface area contributed by atoms with E-state index in [0.29, 0.717) is 11.3 Å². The molecule has 94 valence electrons. The highest BCUT2D eigenvalue weighted by molar-refractivity contribution is 5.70. The summed E-state index contributed by atoms with van der Waals surface area (Å²) in [5.74, 6) is -1.18. The second-order valence-electron chi connectivity index (χ2n) is 4.18. The van der Waals surface area contributed by atoms with Gasteiger partial charge in [-0.05, 0) is 36.8 Å². The van der Waals surface area contributed by atoms with Crippen LogP contribution in [0.25, 0.3) is 11.3 Å². The second-order valence-corrected chi connectivity index (χ2v) is 4.18. The number of halogens is 1. The summed E-state index contributed by atoms with van der Waals surface area (Å²) in [5.41, 5.74) is 2.63. The third-order valence-electron chi connectivity index (χ3n) is 2.72. The molecule has 5 heteroatoms. The minimum absolute atomic E-state index is 0.117. The van der Waals surface area contributed by atoms with E-state index in [1.807, 2.05) is 0 Å². The van der Waals surface area contributed by atoms with E-state index in [0.717, 1.165) is 11.3 Å². The van der Waals surface area contributed by atoms with E-state index in [2.05, 4.69) is 5.10 Å². The van der Waals surface area contributed by atoms with E-state index in [9.17, 15) is 9.18 Å². The van der Waals surface area contributed by atoms with Crippen LogP contribution in [0.4, 0.5) is 4.39 Å². The Kier molecular flexibility index (Phi) is 3.14. The second kappa shape index (κ2) is 4.60. The molecule has 0 bridgehead atoms. The Morgan fingerprint density at radius 1 is 1.44 bits per heavy atom. The van der Waals surface area contributed by atoms with Crippen molar-refractivity contribution in [2.24, 2.45) is 7.05 Å². The number of carbonyl (C=O) groups is 1. The Hall–Kier alpha value is -2.17. The molecule has 0 unspecified atom stereocenters. The van der Waals surface area contributed by atoms with Crippen LogP contribution in [0.2, 0.25) is 0 Å². The summed E-state index contributed by atoms with van der Waals surface area (Å²) in [4.78, 5) is 10.6. The molecule has 0 radical (unpaired) electrons. The first-order chi connectivity index (χ1) is 8.47. The van der Waals surface area contributed by atoms with E-state index in [-0.39, 0.29) is 12.2 Å². The van der Waals surface area contributed by atoms with Gasteiger partial charge in [0.15, 0.2) is 0 Å². The third-order valence-corrected chi connectivity index (χ3v) is 2.72. The highest BCUT2D eigenvalue weighted by atomic mass is 19.1. The van der Waals surface area contributed by atoms with Crippen LogP contribution in [0.15, 0.2) is 24.3 Å². The summed E-state index contributed by atoms with van der Waals surface area (Å²) in [6, 6.07) is 6.48. The van der Waals surface area contributed by atoms with Crippen LogP contribution in [-0.2, 0) is 18.3 Å². The topological polar surface area (TPSA) is 55.1 Å². The molecule has 4 nitrogen and oxygen atoms in total. The number of rotatable bonds is 3. The zero-order valence-corrected chi connectivity index (χ0v) is 10.1. The first-order valence-electron chi connectivity index (χ1n) is 5.48. The van der Waals surface area contributed by atoms with Gasteiger partial charge in [0.05, 0.1) is 17.8 Å². The van der Waals surface area contributed by atoms with Crippen molar-refractivity contribution in [1.29, 1.82) is 0 Å². The highest BCUT2D eigenvalue weighted by Crippen LogP contribution is 2.22. The molecule has 0 aliphatic carbocycles. The molecule has 2 rings (SSSR count). The largest absolute Gasteiger partial charge is 0.481 e. The molecule has 1 heterocycles. The molecule has 1 aromatic carbocycles. The first-order valence-corrected chi connectivity index (χ1v) is 5.48. The molecule has 0 saturated carbocycles. The quantitative estimate of drug-likeness (QED) is 0.905. The lowest BCUT2D eigenvalue weighted by Gasteiger charge is -2.03. The third kappa shape index (κ3) is 2.40. The van der Waals surface area contributed by atoms with Gasteiger partial charge in [-0.2, -0.15) is 5.10 Å². The van der Waals surface area contributed by atoms with Crippen LogP contribution in [0.1, 0.15) is 11.3 Å². The minimum Gasteiger partial charge on any atom is -0.481 e. The van der Waals surface area contributed by atoms with Crippen LogP contribution in [0.5, 0.6) is 0 Å². The predicted molar refractivity (Wildman–Crippen MR) is 64.7 cm³/mol. The number of hydrogen-bond donors (Lipinski definition) is 1. The lowest BCUT2D eigenvalue weighted by molar-refractivity contribution is -0.136. The number of benzene rings is 1. The minimum atomic E-state index is -0.921. The van der Waals surface area contributed by atoms with Gasteiger partial charge in [-0.25, -0.2) is 4.39 Å². The summed E-state index contributed by atoms with van der Waals surface area (Å²) in [6.07, 6.45) is -0.117. The molecule has 0 aliphatic rings. The lowest BCUT2D eigenvalue weighted by Crippen LogP contribution is -2.01. The Morgan fingerprint density at radius 3 is 2.78 bits per heavy atom. The van der Waals surface area contributed by atoms with Crippen molar-refractivity contribution < 1.29 is 14.3 Å². The van der Waals surface area contributed by atoms with E-state index >= 15 is 0 Å². The van der Waals surface area contributed by atoms with Crippen LogP contribution >= 0.6 is 0 Å². The standard InChI is InChI=1S/C13H13FN2O2/c1-8-5-9(3-4-11(8)14)12-6-10(7-13(17)18)15-16(12)2/h3-6H,7H2,1-2H3,(H,17,18). The summed E-state index contributed by atoms with van der Waals surface area (Å²) in [5, 5.41) is 12.8. The van der Waals surface area contributed by atoms with Gasteiger partial charge in [0, 0.05) is 12.6 Å². The predicted octanol–water partition coefficient (Wildman–Crippen LogP) is 2.16. The van der Waals surface area contributed by atoms with Gasteiger partial charge in [-0.1, -0.05) is 0 Å². The normalized spacial score (nSPS) is 10.6. The van der Waals surface area contributed by atoms with Gasteiger partial charge in [0.1, 0.15) is 5.82 Å². The number of carboxylic acids is 1. The maximum absolute atomic E-state index is 13.2. The summed E-state index contributed by atoms with van der Waals surface area (Å²) in [6.45, 7) is 1.69. The van der Waals surface area contributed by atoms with Gasteiger partial charge >= 0.3 is 5.97 Å². The summed E-state index contributed by atoms with van der Waals surface area (Å²) in [7, 11) is 1.74. The first kappa shape index (κ1) is 12.3. The van der Waals surface area contributed by atoms with Crippen LogP contribution < -0.4 is 0 Å². The number of carboxylic acid groups (broad SMARTS) is 1. The molecule has 0 amide bonds. The van der Waals surface area contributed by atoms with Crippen molar-refractivity contribution in [2.75, 3.05) is 0 Å². The lowest BCUT2D eigenvalue weighted by atomic mass is 10.1. The van der Waals surface area contributed by atoms with E-state index < -0.39 is 5.97 Å². The summed E-state index contributed by atoms with van der Waals surface area (Å²) < 4.78 is 14.8. The fourth-order valence-electron chi connectivity index (χ4n) is 1.84. The Bertz CT molecular complexity index is 605. The van der Waals surface area contributed by atoms with Crippen molar-refractivity contribution in [3.8, 4) is 11.3 Å². The molecule has 0 saturated heterocycles. The molecule has 2 aromatic rings. The zero-order valence-electron chi connectivity index (χ0n) is 10.1. The van der Waals surface area contributed by atoms with Crippen LogP contribution in [0.3, 0.4) is 0 Å². The monoisotopic (exact) mass is 248 g/mol. The van der Waals surface area contributed by atoms with Crippen molar-refractivity contribution in [2.45, 2.75) is 13.3 Å². The van der Waals surface area contributed by atoms with Gasteiger partial charge in [0.25, 0.3) is 0 Å². The van der Waals surface area contributed by atoms with E-state index in [1.165, 1.54) is 6.07 Å². The molecule has 18 heavy (non-hydrogen) atoms. The Morgan fingerprint density at radius 2 is 2.17 bits per heavy atom. The maximum Gasteiger partial charge on any atom is 0.309 e. The fourth-order valence-corrected chi connectivity index (χ4v) is 1.84. The molecular weight excluding hydrogens is 235 g/mol. The average Bonchev–Trinajstić information content (AvgIpc) is 2.62. The van der Waals surface area contributed by atoms with Crippen molar-refractivity contribution in [3.63, 3.8) is 0 Å². The average molecular weight is 248 g/mol. The molecule has 0 aliphatic heterocycles. The van der Waals surface area contributed by atoms with Crippen molar-refractivity contribution in [1.82, 2.24) is 9.78 Å². The van der Waals surface area contributed by atoms with Gasteiger partial charge in [-0.15, -0.1) is 0 Å². The molecular formula is C13H13FN2O2. The van der Waals surface area contributed by atoms with E-state index in [1.54, 1.807) is 36.9 Å². The Labute approximate surface area is 104 Å². The Balaban J connectivity index is 2.41. The molecule has 0 fully saturated rings. The molecule has 0 atom stereocenters. The van der Waals surface area contributed by atoms with E-state index in [4.69, 9.17) is 5.11 Å². The number of aliphatic carboxylic acids is 1. The SMILES string of the molecule is Cc1cc(-c2cc(CC(=O)O)nn2C)ccc1F. The number of hydrogen-bond acceptors (Lipinski definition) is 2. The summed E-state index contributed by atoms with van der Waals surface area (Å²) >= 11 is 0. The molecule has 1 N–H and O–H groups in total. The molecule has 0 spiro atoms.